The van der Waals surface area contributed by atoms with Gasteiger partial charge in [0.2, 0.25) is 0 Å². The molecule has 1 aliphatic rings. The maximum Gasteiger partial charge on any atom is 0.193 e. The number of aliphatic imine (C=N–C) groups is 1. The fraction of sp³-hybridized carbons (Fsp3) is 0.455. The minimum Gasteiger partial charge on any atom is -0.370 e. The largest absolute Gasteiger partial charge is 0.370 e. The van der Waals surface area contributed by atoms with E-state index in [-0.39, 0.29) is 0 Å². The highest BCUT2D eigenvalue weighted by molar-refractivity contribution is 5.92. The number of hydrogen-bond acceptors (Lipinski definition) is 2. The Balaban J connectivity index is 2.09. The molecule has 4 nitrogen and oxygen atoms in total. The van der Waals surface area contributed by atoms with E-state index in [2.05, 4.69) is 15.3 Å². The highest BCUT2D eigenvalue weighted by atomic mass is 15.1. The third kappa shape index (κ3) is 2.68. The molecule has 3 N–H and O–H groups in total. The summed E-state index contributed by atoms with van der Waals surface area (Å²) in [6, 6.07) is 4.38. The molecule has 1 saturated carbocycles. The van der Waals surface area contributed by atoms with Crippen molar-refractivity contribution in [2.75, 3.05) is 5.32 Å². The topological polar surface area (TPSA) is 63.3 Å². The second-order valence-corrected chi connectivity index (χ2v) is 3.96. The summed E-state index contributed by atoms with van der Waals surface area (Å²) in [6.45, 7) is 3.93. The Kier molecular flexibility index (Phi) is 2.58. The number of guanidine groups is 1. The molecule has 2 rings (SSSR count). The van der Waals surface area contributed by atoms with E-state index in [9.17, 15) is 0 Å². The molecule has 1 heterocycles. The van der Waals surface area contributed by atoms with Gasteiger partial charge in [0.25, 0.3) is 0 Å². The monoisotopic (exact) mass is 204 g/mol. The van der Waals surface area contributed by atoms with Crippen molar-refractivity contribution < 1.29 is 0 Å². The maximum absolute atomic E-state index is 5.76. The Bertz CT molecular complexity index is 394. The van der Waals surface area contributed by atoms with Crippen LogP contribution in [-0.2, 0) is 0 Å². The molecule has 0 atom stereocenters. The predicted octanol–water partition coefficient (Wildman–Crippen LogP) is 1.59. The summed E-state index contributed by atoms with van der Waals surface area (Å²) in [6.07, 6.45) is 2.32. The fourth-order valence-corrected chi connectivity index (χ4v) is 1.39. The van der Waals surface area contributed by atoms with Gasteiger partial charge in [-0.05, 0) is 38.8 Å². The number of hydrogen-bond donors (Lipinski definition) is 2. The van der Waals surface area contributed by atoms with E-state index < -0.39 is 0 Å². The van der Waals surface area contributed by atoms with Crippen molar-refractivity contribution in [3.8, 4) is 0 Å². The van der Waals surface area contributed by atoms with E-state index in [1.54, 1.807) is 0 Å². The average molecular weight is 204 g/mol. The summed E-state index contributed by atoms with van der Waals surface area (Å²) in [5.41, 5.74) is 8.66. The van der Waals surface area contributed by atoms with Crippen molar-refractivity contribution in [3.05, 3.63) is 23.5 Å². The van der Waals surface area contributed by atoms with Crippen LogP contribution in [0.1, 0.15) is 24.2 Å². The number of rotatable bonds is 2. The summed E-state index contributed by atoms with van der Waals surface area (Å²) in [5, 5.41) is 3.07. The number of aromatic nitrogens is 1. The average Bonchev–Trinajstić information content (AvgIpc) is 2.94. The molecular weight excluding hydrogens is 188 g/mol. The zero-order valence-electron chi connectivity index (χ0n) is 9.12. The Morgan fingerprint density at radius 3 is 2.80 bits per heavy atom. The van der Waals surface area contributed by atoms with Crippen LogP contribution in [0.5, 0.6) is 0 Å². The molecule has 1 aromatic heterocycles. The third-order valence-corrected chi connectivity index (χ3v) is 2.36. The Morgan fingerprint density at radius 1 is 1.47 bits per heavy atom. The molecule has 1 aromatic rings. The van der Waals surface area contributed by atoms with Gasteiger partial charge in [-0.1, -0.05) is 0 Å². The maximum atomic E-state index is 5.76. The van der Waals surface area contributed by atoms with Gasteiger partial charge in [-0.25, -0.2) is 4.99 Å². The van der Waals surface area contributed by atoms with Gasteiger partial charge in [0.1, 0.15) is 0 Å². The van der Waals surface area contributed by atoms with Crippen LogP contribution in [0, 0.1) is 13.8 Å². The van der Waals surface area contributed by atoms with Crippen LogP contribution in [0.15, 0.2) is 17.1 Å². The number of nitrogens with zero attached hydrogens (tertiary/aromatic N) is 2. The van der Waals surface area contributed by atoms with E-state index in [0.717, 1.165) is 29.9 Å². The lowest BCUT2D eigenvalue weighted by atomic mass is 10.3. The quantitative estimate of drug-likeness (QED) is 0.568. The summed E-state index contributed by atoms with van der Waals surface area (Å²) >= 11 is 0. The molecule has 0 aromatic carbocycles. The van der Waals surface area contributed by atoms with Crippen molar-refractivity contribution in [1.82, 2.24) is 4.98 Å². The van der Waals surface area contributed by atoms with E-state index in [1.807, 2.05) is 26.0 Å². The summed E-state index contributed by atoms with van der Waals surface area (Å²) in [7, 11) is 0. The Labute approximate surface area is 89.6 Å². The number of nitrogens with two attached hydrogens (primary N) is 1. The second-order valence-electron chi connectivity index (χ2n) is 3.96. The summed E-state index contributed by atoms with van der Waals surface area (Å²) < 4.78 is 0. The van der Waals surface area contributed by atoms with Gasteiger partial charge in [-0.3, -0.25) is 4.98 Å². The van der Waals surface area contributed by atoms with Gasteiger partial charge < -0.3 is 11.1 Å². The fourth-order valence-electron chi connectivity index (χ4n) is 1.39. The van der Waals surface area contributed by atoms with Crippen molar-refractivity contribution in [2.24, 2.45) is 10.7 Å². The van der Waals surface area contributed by atoms with Gasteiger partial charge in [-0.15, -0.1) is 0 Å². The normalized spacial score (nSPS) is 16.5. The van der Waals surface area contributed by atoms with Crippen molar-refractivity contribution in [3.63, 3.8) is 0 Å². The molecule has 0 radical (unpaired) electrons. The van der Waals surface area contributed by atoms with Gasteiger partial charge in [0, 0.05) is 5.69 Å². The molecule has 4 heteroatoms. The minimum atomic E-state index is 0.441. The lowest BCUT2D eigenvalue weighted by Gasteiger charge is -2.08. The van der Waals surface area contributed by atoms with Crippen LogP contribution in [0.4, 0.5) is 5.69 Å². The first-order valence-electron chi connectivity index (χ1n) is 5.19. The van der Waals surface area contributed by atoms with Crippen LogP contribution < -0.4 is 11.1 Å². The van der Waals surface area contributed by atoms with Crippen LogP contribution in [0.25, 0.3) is 0 Å². The first kappa shape index (κ1) is 9.96. The predicted molar refractivity (Wildman–Crippen MR) is 62.0 cm³/mol. The standard InChI is InChI=1S/C11H16N4/c1-7-3-6-10(8(2)13-7)15-11(12)14-9-4-5-9/h3,6,9H,4-5H2,1-2H3,(H3,12,14,15). The van der Waals surface area contributed by atoms with Crippen molar-refractivity contribution in [2.45, 2.75) is 32.7 Å². The summed E-state index contributed by atoms with van der Waals surface area (Å²) in [5.74, 6) is 0.492. The van der Waals surface area contributed by atoms with Crippen LogP contribution in [-0.4, -0.2) is 17.0 Å². The molecular formula is C11H16N4. The molecule has 1 fully saturated rings. The Morgan fingerprint density at radius 2 is 2.20 bits per heavy atom. The molecule has 0 saturated heterocycles. The number of anilines is 1. The number of aryl methyl sites for hydroxylation is 2. The van der Waals surface area contributed by atoms with Crippen molar-refractivity contribution in [1.29, 1.82) is 0 Å². The smallest absolute Gasteiger partial charge is 0.193 e. The first-order valence-corrected chi connectivity index (χ1v) is 5.19. The molecule has 0 bridgehead atoms. The Hall–Kier alpha value is -1.58. The molecule has 0 amide bonds. The highest BCUT2D eigenvalue weighted by Crippen LogP contribution is 2.23. The van der Waals surface area contributed by atoms with E-state index in [4.69, 9.17) is 5.73 Å². The van der Waals surface area contributed by atoms with Crippen molar-refractivity contribution >= 4 is 11.6 Å². The van der Waals surface area contributed by atoms with Crippen LogP contribution in [0.3, 0.4) is 0 Å². The van der Waals surface area contributed by atoms with Gasteiger partial charge in [0.15, 0.2) is 5.96 Å². The molecule has 80 valence electrons. The summed E-state index contributed by atoms with van der Waals surface area (Å²) in [4.78, 5) is 8.65. The molecule has 0 aliphatic heterocycles. The third-order valence-electron chi connectivity index (χ3n) is 2.36. The lowest BCUT2D eigenvalue weighted by molar-refractivity contribution is 1.06. The SMILES string of the molecule is Cc1ccc(NC(N)=NC2CC2)c(C)n1. The van der Waals surface area contributed by atoms with E-state index in [0.29, 0.717) is 12.0 Å². The molecule has 0 spiro atoms. The zero-order chi connectivity index (χ0) is 10.8. The highest BCUT2D eigenvalue weighted by Gasteiger charge is 2.20. The van der Waals surface area contributed by atoms with Crippen LogP contribution in [0.2, 0.25) is 0 Å². The van der Waals surface area contributed by atoms with Crippen LogP contribution >= 0.6 is 0 Å². The van der Waals surface area contributed by atoms with Gasteiger partial charge >= 0.3 is 0 Å². The van der Waals surface area contributed by atoms with E-state index >= 15 is 0 Å². The zero-order valence-corrected chi connectivity index (χ0v) is 9.12. The molecule has 0 unspecified atom stereocenters. The number of pyridine rings is 1. The second kappa shape index (κ2) is 3.88. The minimum absolute atomic E-state index is 0.441. The first-order chi connectivity index (χ1) is 7.15. The molecule has 1 aliphatic carbocycles. The van der Waals surface area contributed by atoms with Gasteiger partial charge in [0.05, 0.1) is 17.4 Å². The van der Waals surface area contributed by atoms with Gasteiger partial charge in [-0.2, -0.15) is 0 Å². The number of nitrogens with one attached hydrogen (secondary N) is 1. The molecule has 15 heavy (non-hydrogen) atoms. The van der Waals surface area contributed by atoms with E-state index in [1.165, 1.54) is 0 Å². The lowest BCUT2D eigenvalue weighted by Crippen LogP contribution is -2.23.